The van der Waals surface area contributed by atoms with Crippen LogP contribution in [-0.4, -0.2) is 9.97 Å². The van der Waals surface area contributed by atoms with E-state index in [1.807, 2.05) is 0 Å². The van der Waals surface area contributed by atoms with E-state index in [2.05, 4.69) is 15.3 Å². The summed E-state index contributed by atoms with van der Waals surface area (Å²) in [6.07, 6.45) is -4.38. The number of anilines is 2. The predicted octanol–water partition coefficient (Wildman–Crippen LogP) is 3.00. The molecule has 1 heterocycles. The zero-order chi connectivity index (χ0) is 14.8. The minimum Gasteiger partial charge on any atom is -0.368 e. The molecule has 0 radical (unpaired) electrons. The number of rotatable bonds is 3. The van der Waals surface area contributed by atoms with Crippen molar-refractivity contribution in [1.82, 2.24) is 9.97 Å². The second kappa shape index (κ2) is 5.36. The number of nitrogens with two attached hydrogens (primary N) is 1. The van der Waals surface area contributed by atoms with Crippen LogP contribution in [-0.2, 0) is 12.7 Å². The highest BCUT2D eigenvalue weighted by Crippen LogP contribution is 2.32. The van der Waals surface area contributed by atoms with Crippen LogP contribution in [0, 0.1) is 6.92 Å². The molecule has 106 valence electrons. The number of aryl methyl sites for hydroxylation is 1. The van der Waals surface area contributed by atoms with Crippen molar-refractivity contribution in [1.29, 1.82) is 0 Å². The van der Waals surface area contributed by atoms with Gasteiger partial charge < -0.3 is 11.1 Å². The molecule has 0 saturated heterocycles. The lowest BCUT2D eigenvalue weighted by Gasteiger charge is -2.13. The molecule has 20 heavy (non-hydrogen) atoms. The topological polar surface area (TPSA) is 63.8 Å². The van der Waals surface area contributed by atoms with Gasteiger partial charge in [-0.05, 0) is 18.6 Å². The first-order chi connectivity index (χ1) is 9.36. The minimum atomic E-state index is -4.38. The van der Waals surface area contributed by atoms with Crippen molar-refractivity contribution in [3.8, 4) is 0 Å². The summed E-state index contributed by atoms with van der Waals surface area (Å²) >= 11 is 0. The van der Waals surface area contributed by atoms with Gasteiger partial charge in [0, 0.05) is 18.3 Å². The fraction of sp³-hybridized carbons (Fsp3) is 0.231. The van der Waals surface area contributed by atoms with Gasteiger partial charge in [-0.3, -0.25) is 0 Å². The third-order valence-corrected chi connectivity index (χ3v) is 2.65. The van der Waals surface area contributed by atoms with Gasteiger partial charge in [-0.2, -0.15) is 18.2 Å². The molecular weight excluding hydrogens is 269 g/mol. The van der Waals surface area contributed by atoms with Gasteiger partial charge in [0.15, 0.2) is 0 Å². The maximum absolute atomic E-state index is 12.8. The first kappa shape index (κ1) is 14.1. The number of hydrogen-bond donors (Lipinski definition) is 2. The Hall–Kier alpha value is -2.31. The number of nitrogens with one attached hydrogen (secondary N) is 1. The van der Waals surface area contributed by atoms with Crippen LogP contribution in [0.5, 0.6) is 0 Å². The van der Waals surface area contributed by atoms with Crippen molar-refractivity contribution >= 4 is 11.8 Å². The summed E-state index contributed by atoms with van der Waals surface area (Å²) < 4.78 is 38.5. The van der Waals surface area contributed by atoms with Gasteiger partial charge in [-0.25, -0.2) is 4.98 Å². The highest BCUT2D eigenvalue weighted by atomic mass is 19.4. The molecule has 3 N–H and O–H groups in total. The number of benzene rings is 1. The van der Waals surface area contributed by atoms with E-state index >= 15 is 0 Å². The average molecular weight is 282 g/mol. The fourth-order valence-corrected chi connectivity index (χ4v) is 1.82. The lowest BCUT2D eigenvalue weighted by atomic mass is 10.1. The van der Waals surface area contributed by atoms with Gasteiger partial charge in [0.2, 0.25) is 5.95 Å². The summed E-state index contributed by atoms with van der Waals surface area (Å²) in [4.78, 5) is 7.81. The summed E-state index contributed by atoms with van der Waals surface area (Å²) in [5.41, 5.74) is 5.62. The van der Waals surface area contributed by atoms with Crippen LogP contribution in [0.1, 0.15) is 16.8 Å². The Labute approximate surface area is 113 Å². The molecule has 4 nitrogen and oxygen atoms in total. The van der Waals surface area contributed by atoms with E-state index in [9.17, 15) is 13.2 Å². The Balaban J connectivity index is 2.19. The van der Waals surface area contributed by atoms with Crippen molar-refractivity contribution in [3.63, 3.8) is 0 Å². The van der Waals surface area contributed by atoms with Crippen LogP contribution in [0.3, 0.4) is 0 Å². The van der Waals surface area contributed by atoms with Crippen LogP contribution in [0.25, 0.3) is 0 Å². The second-order valence-corrected chi connectivity index (χ2v) is 4.26. The first-order valence-corrected chi connectivity index (χ1v) is 5.86. The van der Waals surface area contributed by atoms with Crippen molar-refractivity contribution in [2.24, 2.45) is 0 Å². The highest BCUT2D eigenvalue weighted by molar-refractivity contribution is 5.42. The Morgan fingerprint density at radius 1 is 1.20 bits per heavy atom. The molecule has 1 aromatic heterocycles. The molecule has 0 saturated carbocycles. The monoisotopic (exact) mass is 282 g/mol. The van der Waals surface area contributed by atoms with Gasteiger partial charge in [-0.1, -0.05) is 18.2 Å². The normalized spacial score (nSPS) is 11.4. The van der Waals surface area contributed by atoms with Crippen LogP contribution < -0.4 is 11.1 Å². The van der Waals surface area contributed by atoms with Crippen LogP contribution in [0.2, 0.25) is 0 Å². The van der Waals surface area contributed by atoms with Crippen molar-refractivity contribution in [3.05, 3.63) is 47.2 Å². The van der Waals surface area contributed by atoms with E-state index < -0.39 is 11.7 Å². The molecule has 0 fully saturated rings. The molecular formula is C13H13F3N4. The summed E-state index contributed by atoms with van der Waals surface area (Å²) in [6, 6.07) is 7.02. The maximum atomic E-state index is 12.8. The van der Waals surface area contributed by atoms with E-state index in [-0.39, 0.29) is 18.1 Å². The molecule has 0 unspecified atom stereocenters. The summed E-state index contributed by atoms with van der Waals surface area (Å²) in [5.74, 6) is 0.476. The van der Waals surface area contributed by atoms with E-state index in [4.69, 9.17) is 5.73 Å². The molecule has 1 aromatic carbocycles. The van der Waals surface area contributed by atoms with Crippen molar-refractivity contribution in [2.45, 2.75) is 19.6 Å². The smallest absolute Gasteiger partial charge is 0.368 e. The van der Waals surface area contributed by atoms with E-state index in [1.54, 1.807) is 19.1 Å². The average Bonchev–Trinajstić information content (AvgIpc) is 2.34. The quantitative estimate of drug-likeness (QED) is 0.908. The lowest BCUT2D eigenvalue weighted by molar-refractivity contribution is -0.138. The molecule has 0 aliphatic carbocycles. The molecule has 7 heteroatoms. The Bertz CT molecular complexity index is 591. The Morgan fingerprint density at radius 3 is 2.55 bits per heavy atom. The SMILES string of the molecule is Cc1cc(NCc2ccccc2C(F)(F)F)nc(N)n1. The van der Waals surface area contributed by atoms with Crippen molar-refractivity contribution in [2.75, 3.05) is 11.1 Å². The number of nitrogens with zero attached hydrogens (tertiary/aromatic N) is 2. The van der Waals surface area contributed by atoms with E-state index in [0.717, 1.165) is 6.07 Å². The van der Waals surface area contributed by atoms with Crippen LogP contribution >= 0.6 is 0 Å². The molecule has 0 aliphatic rings. The Morgan fingerprint density at radius 2 is 1.90 bits per heavy atom. The lowest BCUT2D eigenvalue weighted by Crippen LogP contribution is -2.12. The van der Waals surface area contributed by atoms with Crippen molar-refractivity contribution < 1.29 is 13.2 Å². The molecule has 2 aromatic rings. The molecule has 0 atom stereocenters. The summed E-state index contributed by atoms with van der Waals surface area (Å²) in [6.45, 7) is 1.73. The van der Waals surface area contributed by atoms with Gasteiger partial charge in [0.25, 0.3) is 0 Å². The standard InChI is InChI=1S/C13H13F3N4/c1-8-6-11(20-12(17)19-8)18-7-9-4-2-3-5-10(9)13(14,15)16/h2-6H,7H2,1H3,(H3,17,18,19,20). The fourth-order valence-electron chi connectivity index (χ4n) is 1.82. The van der Waals surface area contributed by atoms with Gasteiger partial charge in [0.1, 0.15) is 5.82 Å². The Kier molecular flexibility index (Phi) is 3.78. The second-order valence-electron chi connectivity index (χ2n) is 4.26. The summed E-state index contributed by atoms with van der Waals surface area (Å²) in [7, 11) is 0. The molecule has 0 aliphatic heterocycles. The minimum absolute atomic E-state index is 0.00553. The van der Waals surface area contributed by atoms with Gasteiger partial charge in [-0.15, -0.1) is 0 Å². The third kappa shape index (κ3) is 3.37. The van der Waals surface area contributed by atoms with Gasteiger partial charge in [0.05, 0.1) is 5.56 Å². The van der Waals surface area contributed by atoms with Crippen LogP contribution in [0.4, 0.5) is 24.9 Å². The third-order valence-electron chi connectivity index (χ3n) is 2.65. The number of nitrogen functional groups attached to an aromatic ring is 1. The van der Waals surface area contributed by atoms with E-state index in [0.29, 0.717) is 11.5 Å². The number of alkyl halides is 3. The molecule has 0 spiro atoms. The predicted molar refractivity (Wildman–Crippen MR) is 70.0 cm³/mol. The van der Waals surface area contributed by atoms with E-state index in [1.165, 1.54) is 12.1 Å². The number of aromatic nitrogens is 2. The number of halogens is 3. The largest absolute Gasteiger partial charge is 0.416 e. The number of hydrogen-bond acceptors (Lipinski definition) is 4. The zero-order valence-electron chi connectivity index (χ0n) is 10.7. The maximum Gasteiger partial charge on any atom is 0.416 e. The molecule has 0 amide bonds. The first-order valence-electron chi connectivity index (χ1n) is 5.86. The molecule has 2 rings (SSSR count). The van der Waals surface area contributed by atoms with Gasteiger partial charge >= 0.3 is 6.18 Å². The molecule has 0 bridgehead atoms. The highest BCUT2D eigenvalue weighted by Gasteiger charge is 2.32. The van der Waals surface area contributed by atoms with Crippen LogP contribution in [0.15, 0.2) is 30.3 Å². The zero-order valence-corrected chi connectivity index (χ0v) is 10.7. The summed E-state index contributed by atoms with van der Waals surface area (Å²) in [5, 5.41) is 2.82.